The Hall–Kier alpha value is -1.10. The first kappa shape index (κ1) is 9.98. The van der Waals surface area contributed by atoms with Crippen molar-refractivity contribution in [1.82, 2.24) is 15.0 Å². The largest absolute Gasteiger partial charge is 0.393 e. The number of hydrogen-bond donors (Lipinski definition) is 2. The van der Waals surface area contributed by atoms with E-state index in [1.807, 2.05) is 14.0 Å². The highest BCUT2D eigenvalue weighted by atomic mass is 16.3. The molecule has 2 atom stereocenters. The first-order chi connectivity index (χ1) is 6.09. The Morgan fingerprint density at radius 3 is 2.77 bits per heavy atom. The molecule has 1 aromatic rings. The van der Waals surface area contributed by atoms with Gasteiger partial charge in [-0.1, -0.05) is 5.21 Å². The number of hydrogen-bond acceptors (Lipinski definition) is 4. The van der Waals surface area contributed by atoms with Crippen molar-refractivity contribution >= 4 is 5.82 Å². The SMILES string of the molecule is CC(O)CC(C)Nc1cnnn1C. The molecule has 1 aromatic heterocycles. The van der Waals surface area contributed by atoms with E-state index in [9.17, 15) is 0 Å². The molecular weight excluding hydrogens is 168 g/mol. The summed E-state index contributed by atoms with van der Waals surface area (Å²) in [5.41, 5.74) is 0. The van der Waals surface area contributed by atoms with E-state index in [1.165, 1.54) is 0 Å². The van der Waals surface area contributed by atoms with Gasteiger partial charge in [-0.05, 0) is 20.3 Å². The van der Waals surface area contributed by atoms with E-state index in [1.54, 1.807) is 17.8 Å². The second kappa shape index (κ2) is 4.23. The van der Waals surface area contributed by atoms with E-state index in [2.05, 4.69) is 15.6 Å². The molecule has 1 rings (SSSR count). The number of aryl methyl sites for hydroxylation is 1. The molecule has 13 heavy (non-hydrogen) atoms. The average Bonchev–Trinajstić information content (AvgIpc) is 2.34. The Bertz CT molecular complexity index is 258. The van der Waals surface area contributed by atoms with Crippen LogP contribution in [0.15, 0.2) is 6.20 Å². The molecule has 5 nitrogen and oxygen atoms in total. The van der Waals surface area contributed by atoms with Gasteiger partial charge in [0.05, 0.1) is 12.3 Å². The van der Waals surface area contributed by atoms with Crippen molar-refractivity contribution in [2.45, 2.75) is 32.4 Å². The molecule has 0 aromatic carbocycles. The summed E-state index contributed by atoms with van der Waals surface area (Å²) in [6.07, 6.45) is 2.09. The van der Waals surface area contributed by atoms with E-state index in [0.717, 1.165) is 5.82 Å². The van der Waals surface area contributed by atoms with Crippen LogP contribution in [0.4, 0.5) is 5.82 Å². The molecule has 0 radical (unpaired) electrons. The van der Waals surface area contributed by atoms with Crippen LogP contribution in [-0.2, 0) is 7.05 Å². The molecule has 2 unspecified atom stereocenters. The third-order valence-corrected chi connectivity index (χ3v) is 1.80. The molecule has 0 aliphatic carbocycles. The molecule has 5 heteroatoms. The zero-order chi connectivity index (χ0) is 9.84. The number of nitrogens with one attached hydrogen (secondary N) is 1. The van der Waals surface area contributed by atoms with Crippen LogP contribution in [0.25, 0.3) is 0 Å². The number of rotatable bonds is 4. The summed E-state index contributed by atoms with van der Waals surface area (Å²) in [5.74, 6) is 0.869. The minimum Gasteiger partial charge on any atom is -0.393 e. The lowest BCUT2D eigenvalue weighted by atomic mass is 10.1. The van der Waals surface area contributed by atoms with E-state index in [4.69, 9.17) is 5.11 Å². The van der Waals surface area contributed by atoms with Crippen LogP contribution in [-0.4, -0.2) is 32.2 Å². The summed E-state index contributed by atoms with van der Waals surface area (Å²) in [6.45, 7) is 3.79. The molecule has 74 valence electrons. The van der Waals surface area contributed by atoms with Gasteiger partial charge in [0, 0.05) is 13.1 Å². The minimum atomic E-state index is -0.288. The van der Waals surface area contributed by atoms with E-state index < -0.39 is 0 Å². The van der Waals surface area contributed by atoms with Gasteiger partial charge in [-0.3, -0.25) is 0 Å². The van der Waals surface area contributed by atoms with Crippen LogP contribution in [0.5, 0.6) is 0 Å². The van der Waals surface area contributed by atoms with Gasteiger partial charge in [0.15, 0.2) is 0 Å². The Labute approximate surface area is 77.8 Å². The van der Waals surface area contributed by atoms with Crippen LogP contribution >= 0.6 is 0 Å². The van der Waals surface area contributed by atoms with Crippen molar-refractivity contribution < 1.29 is 5.11 Å². The monoisotopic (exact) mass is 184 g/mol. The Morgan fingerprint density at radius 2 is 2.31 bits per heavy atom. The Kier molecular flexibility index (Phi) is 3.25. The zero-order valence-corrected chi connectivity index (χ0v) is 8.23. The molecule has 0 fully saturated rings. The predicted octanol–water partition coefficient (Wildman–Crippen LogP) is 0.386. The molecule has 1 heterocycles. The van der Waals surface area contributed by atoms with E-state index in [-0.39, 0.29) is 12.1 Å². The maximum absolute atomic E-state index is 9.14. The fourth-order valence-electron chi connectivity index (χ4n) is 1.24. The van der Waals surface area contributed by atoms with Gasteiger partial charge in [0.2, 0.25) is 0 Å². The third kappa shape index (κ3) is 3.02. The average molecular weight is 184 g/mol. The normalized spacial score (nSPS) is 15.4. The van der Waals surface area contributed by atoms with Crippen molar-refractivity contribution in [3.8, 4) is 0 Å². The fourth-order valence-corrected chi connectivity index (χ4v) is 1.24. The van der Waals surface area contributed by atoms with E-state index in [0.29, 0.717) is 6.42 Å². The second-order valence-corrected chi connectivity index (χ2v) is 3.37. The molecular formula is C8H16N4O. The highest BCUT2D eigenvalue weighted by molar-refractivity contribution is 5.31. The number of anilines is 1. The first-order valence-corrected chi connectivity index (χ1v) is 4.39. The van der Waals surface area contributed by atoms with Crippen molar-refractivity contribution in [2.75, 3.05) is 5.32 Å². The van der Waals surface area contributed by atoms with E-state index >= 15 is 0 Å². The maximum Gasteiger partial charge on any atom is 0.144 e. The Morgan fingerprint density at radius 1 is 1.62 bits per heavy atom. The maximum atomic E-state index is 9.14. The molecule has 0 saturated carbocycles. The van der Waals surface area contributed by atoms with Crippen molar-refractivity contribution in [3.63, 3.8) is 0 Å². The standard InChI is InChI=1S/C8H16N4O/c1-6(4-7(2)13)10-8-5-9-11-12(8)3/h5-7,10,13H,4H2,1-3H3. The van der Waals surface area contributed by atoms with Gasteiger partial charge in [-0.25, -0.2) is 4.68 Å². The van der Waals surface area contributed by atoms with Gasteiger partial charge in [-0.2, -0.15) is 0 Å². The summed E-state index contributed by atoms with van der Waals surface area (Å²) in [7, 11) is 1.82. The summed E-state index contributed by atoms with van der Waals surface area (Å²) in [6, 6.07) is 0.220. The van der Waals surface area contributed by atoms with Crippen LogP contribution < -0.4 is 5.32 Å². The molecule has 0 bridgehead atoms. The molecule has 0 aliphatic rings. The number of aliphatic hydroxyl groups excluding tert-OH is 1. The van der Waals surface area contributed by atoms with Gasteiger partial charge in [0.1, 0.15) is 5.82 Å². The Balaban J connectivity index is 2.45. The summed E-state index contributed by atoms with van der Waals surface area (Å²) < 4.78 is 1.67. The van der Waals surface area contributed by atoms with Gasteiger partial charge >= 0.3 is 0 Å². The number of aromatic nitrogens is 3. The highest BCUT2D eigenvalue weighted by Gasteiger charge is 2.07. The first-order valence-electron chi connectivity index (χ1n) is 4.39. The quantitative estimate of drug-likeness (QED) is 0.710. The lowest BCUT2D eigenvalue weighted by Gasteiger charge is -2.15. The lowest BCUT2D eigenvalue weighted by molar-refractivity contribution is 0.179. The predicted molar refractivity (Wildman–Crippen MR) is 50.4 cm³/mol. The van der Waals surface area contributed by atoms with Gasteiger partial charge in [0.25, 0.3) is 0 Å². The van der Waals surface area contributed by atoms with Crippen LogP contribution in [0.2, 0.25) is 0 Å². The molecule has 0 spiro atoms. The zero-order valence-electron chi connectivity index (χ0n) is 8.23. The van der Waals surface area contributed by atoms with Gasteiger partial charge < -0.3 is 10.4 Å². The topological polar surface area (TPSA) is 63.0 Å². The smallest absolute Gasteiger partial charge is 0.144 e. The second-order valence-electron chi connectivity index (χ2n) is 3.37. The van der Waals surface area contributed by atoms with Crippen LogP contribution in [0.3, 0.4) is 0 Å². The summed E-state index contributed by atoms with van der Waals surface area (Å²) in [4.78, 5) is 0. The van der Waals surface area contributed by atoms with Crippen molar-refractivity contribution in [3.05, 3.63) is 6.20 Å². The highest BCUT2D eigenvalue weighted by Crippen LogP contribution is 2.07. The molecule has 0 saturated heterocycles. The number of nitrogens with zero attached hydrogens (tertiary/aromatic N) is 3. The third-order valence-electron chi connectivity index (χ3n) is 1.80. The van der Waals surface area contributed by atoms with Crippen LogP contribution in [0.1, 0.15) is 20.3 Å². The number of aliphatic hydroxyl groups is 1. The summed E-state index contributed by atoms with van der Waals surface area (Å²) in [5, 5.41) is 19.9. The van der Waals surface area contributed by atoms with Crippen molar-refractivity contribution in [2.24, 2.45) is 7.05 Å². The molecule has 0 aliphatic heterocycles. The van der Waals surface area contributed by atoms with Crippen LogP contribution in [0, 0.1) is 0 Å². The fraction of sp³-hybridized carbons (Fsp3) is 0.750. The molecule has 0 amide bonds. The minimum absolute atomic E-state index is 0.220. The lowest BCUT2D eigenvalue weighted by Crippen LogP contribution is -2.21. The molecule has 2 N–H and O–H groups in total. The van der Waals surface area contributed by atoms with Crippen molar-refractivity contribution in [1.29, 1.82) is 0 Å². The summed E-state index contributed by atoms with van der Waals surface area (Å²) >= 11 is 0. The van der Waals surface area contributed by atoms with Gasteiger partial charge in [-0.15, -0.1) is 5.10 Å².